The fraction of sp³-hybridized carbons (Fsp3) is 0.857. The molecule has 0 aliphatic heterocycles. The quantitative estimate of drug-likeness (QED) is 0.821. The van der Waals surface area contributed by atoms with E-state index >= 15 is 0 Å². The van der Waals surface area contributed by atoms with Crippen LogP contribution in [0.4, 0.5) is 0 Å². The molecular weight excluding hydrogens is 242 g/mol. The van der Waals surface area contributed by atoms with Crippen LogP contribution in [0.25, 0.3) is 0 Å². The third kappa shape index (κ3) is 3.15. The average molecular weight is 267 g/mol. The first kappa shape index (κ1) is 14.5. The highest BCUT2D eigenvalue weighted by Gasteiger charge is 2.41. The van der Waals surface area contributed by atoms with Crippen LogP contribution in [0.1, 0.15) is 76.6 Å². The van der Waals surface area contributed by atoms with Crippen LogP contribution >= 0.6 is 0 Å². The number of aromatic nitrogens is 2. The van der Waals surface area contributed by atoms with Gasteiger partial charge in [-0.05, 0) is 39.0 Å². The molecule has 5 nitrogen and oxygen atoms in total. The minimum absolute atomic E-state index is 0.152. The molecule has 0 spiro atoms. The van der Waals surface area contributed by atoms with Crippen molar-refractivity contribution in [3.05, 3.63) is 11.7 Å². The van der Waals surface area contributed by atoms with Gasteiger partial charge in [-0.3, -0.25) is 0 Å². The van der Waals surface area contributed by atoms with E-state index in [4.69, 9.17) is 15.0 Å². The van der Waals surface area contributed by atoms with Gasteiger partial charge in [0.2, 0.25) is 11.7 Å². The number of hydrogen-bond donors (Lipinski definition) is 1. The van der Waals surface area contributed by atoms with Crippen LogP contribution in [-0.2, 0) is 10.3 Å². The van der Waals surface area contributed by atoms with Gasteiger partial charge in [0.25, 0.3) is 0 Å². The maximum atomic E-state index is 6.07. The molecule has 1 saturated carbocycles. The summed E-state index contributed by atoms with van der Waals surface area (Å²) in [7, 11) is 0. The monoisotopic (exact) mass is 267 g/mol. The summed E-state index contributed by atoms with van der Waals surface area (Å²) in [5.74, 6) is 1.24. The van der Waals surface area contributed by atoms with Gasteiger partial charge >= 0.3 is 0 Å². The highest BCUT2D eigenvalue weighted by molar-refractivity contribution is 5.05. The minimum Gasteiger partial charge on any atom is -0.367 e. The van der Waals surface area contributed by atoms with Crippen molar-refractivity contribution in [2.45, 2.75) is 70.4 Å². The Morgan fingerprint density at radius 3 is 2.74 bits per heavy atom. The Hall–Kier alpha value is -0.940. The van der Waals surface area contributed by atoms with Crippen molar-refractivity contribution >= 4 is 0 Å². The van der Waals surface area contributed by atoms with E-state index < -0.39 is 0 Å². The first-order valence-corrected chi connectivity index (χ1v) is 7.45. The molecule has 2 rings (SSSR count). The molecule has 1 aliphatic rings. The van der Waals surface area contributed by atoms with Crippen molar-refractivity contribution in [3.8, 4) is 0 Å². The Bertz CT molecular complexity index is 386. The number of nitrogens with two attached hydrogens (primary N) is 1. The smallest absolute Gasteiger partial charge is 0.243 e. The van der Waals surface area contributed by atoms with Gasteiger partial charge in [-0.25, -0.2) is 0 Å². The van der Waals surface area contributed by atoms with Crippen LogP contribution in [-0.4, -0.2) is 16.7 Å². The molecule has 1 atom stereocenters. The lowest BCUT2D eigenvalue weighted by Crippen LogP contribution is -2.28. The summed E-state index contributed by atoms with van der Waals surface area (Å²) in [4.78, 5) is 4.51. The normalized spacial score (nSPS) is 19.7. The second kappa shape index (κ2) is 6.48. The van der Waals surface area contributed by atoms with E-state index in [0.29, 0.717) is 18.3 Å². The third-order valence-electron chi connectivity index (χ3n) is 3.87. The second-order valence-corrected chi connectivity index (χ2v) is 5.34. The molecule has 1 fully saturated rings. The molecule has 0 aromatic carbocycles. The van der Waals surface area contributed by atoms with E-state index in [2.05, 4.69) is 17.1 Å². The van der Waals surface area contributed by atoms with E-state index in [1.807, 2.05) is 6.92 Å². The Labute approximate surface area is 114 Å². The van der Waals surface area contributed by atoms with Crippen molar-refractivity contribution in [2.75, 3.05) is 6.61 Å². The highest BCUT2D eigenvalue weighted by Crippen LogP contribution is 2.40. The molecular formula is C14H25N3O2. The van der Waals surface area contributed by atoms with Crippen molar-refractivity contribution in [1.29, 1.82) is 0 Å². The largest absolute Gasteiger partial charge is 0.367 e. The van der Waals surface area contributed by atoms with Crippen LogP contribution < -0.4 is 5.73 Å². The molecule has 108 valence electrons. The molecule has 1 aromatic rings. The summed E-state index contributed by atoms with van der Waals surface area (Å²) < 4.78 is 11.3. The van der Waals surface area contributed by atoms with Gasteiger partial charge in [0.1, 0.15) is 5.60 Å². The van der Waals surface area contributed by atoms with Crippen LogP contribution in [0, 0.1) is 0 Å². The first-order chi connectivity index (χ1) is 9.22. The third-order valence-corrected chi connectivity index (χ3v) is 3.87. The lowest BCUT2D eigenvalue weighted by atomic mass is 10.0. The maximum absolute atomic E-state index is 6.07. The van der Waals surface area contributed by atoms with Crippen LogP contribution in [0.2, 0.25) is 0 Å². The number of nitrogens with zero attached hydrogens (tertiary/aromatic N) is 2. The van der Waals surface area contributed by atoms with Crippen molar-refractivity contribution in [1.82, 2.24) is 10.1 Å². The zero-order valence-electron chi connectivity index (χ0n) is 12.0. The van der Waals surface area contributed by atoms with Crippen LogP contribution in [0.15, 0.2) is 4.52 Å². The van der Waals surface area contributed by atoms with Crippen LogP contribution in [0.5, 0.6) is 0 Å². The highest BCUT2D eigenvalue weighted by atomic mass is 16.5. The zero-order valence-corrected chi connectivity index (χ0v) is 12.0. The van der Waals surface area contributed by atoms with E-state index in [-0.39, 0.29) is 11.6 Å². The summed E-state index contributed by atoms with van der Waals surface area (Å²) in [6, 6.07) is -0.152. The average Bonchev–Trinajstić information content (AvgIpc) is 3.05. The summed E-state index contributed by atoms with van der Waals surface area (Å²) in [6.45, 7) is 4.83. The molecule has 1 aromatic heterocycles. The van der Waals surface area contributed by atoms with E-state index in [9.17, 15) is 0 Å². The molecule has 0 unspecified atom stereocenters. The van der Waals surface area contributed by atoms with Gasteiger partial charge in [-0.1, -0.05) is 24.9 Å². The van der Waals surface area contributed by atoms with Gasteiger partial charge in [-0.15, -0.1) is 0 Å². The number of unbranched alkanes of at least 4 members (excludes halogenated alkanes) is 1. The SMILES string of the molecule is CCCC[C@H](N)c1nc(C2(OCC)CCCC2)no1. The molecule has 0 saturated heterocycles. The minimum atomic E-state index is -0.332. The van der Waals surface area contributed by atoms with Gasteiger partial charge in [0.05, 0.1) is 6.04 Å². The summed E-state index contributed by atoms with van der Waals surface area (Å²) in [5, 5.41) is 4.13. The van der Waals surface area contributed by atoms with Gasteiger partial charge in [0.15, 0.2) is 0 Å². The summed E-state index contributed by atoms with van der Waals surface area (Å²) in [5.41, 5.74) is 5.74. The van der Waals surface area contributed by atoms with E-state index in [1.165, 1.54) is 0 Å². The lowest BCUT2D eigenvalue weighted by molar-refractivity contribution is -0.0469. The van der Waals surface area contributed by atoms with Gasteiger partial charge < -0.3 is 15.0 Å². The Morgan fingerprint density at radius 1 is 1.37 bits per heavy atom. The standard InChI is InChI=1S/C14H25N3O2/c1-3-5-8-11(15)12-16-13(17-19-12)14(18-4-2)9-6-7-10-14/h11H,3-10,15H2,1-2H3/t11-/m0/s1. The fourth-order valence-corrected chi connectivity index (χ4v) is 2.77. The summed E-state index contributed by atoms with van der Waals surface area (Å²) >= 11 is 0. The van der Waals surface area contributed by atoms with Gasteiger partial charge in [-0.2, -0.15) is 4.98 Å². The van der Waals surface area contributed by atoms with Crippen LogP contribution in [0.3, 0.4) is 0 Å². The van der Waals surface area contributed by atoms with Crippen molar-refractivity contribution in [2.24, 2.45) is 5.73 Å². The van der Waals surface area contributed by atoms with Crippen molar-refractivity contribution < 1.29 is 9.26 Å². The molecule has 5 heteroatoms. The zero-order chi connectivity index (χ0) is 13.7. The summed E-state index contributed by atoms with van der Waals surface area (Å²) in [6.07, 6.45) is 7.36. The van der Waals surface area contributed by atoms with E-state index in [1.54, 1.807) is 0 Å². The topological polar surface area (TPSA) is 74.2 Å². The number of rotatable bonds is 7. The Morgan fingerprint density at radius 2 is 2.11 bits per heavy atom. The molecule has 19 heavy (non-hydrogen) atoms. The second-order valence-electron chi connectivity index (χ2n) is 5.34. The predicted molar refractivity (Wildman–Crippen MR) is 72.5 cm³/mol. The fourth-order valence-electron chi connectivity index (χ4n) is 2.77. The van der Waals surface area contributed by atoms with Gasteiger partial charge in [0, 0.05) is 6.61 Å². The molecule has 1 heterocycles. The molecule has 0 bridgehead atoms. The molecule has 0 radical (unpaired) electrons. The molecule has 2 N–H and O–H groups in total. The Balaban J connectivity index is 2.10. The number of ether oxygens (including phenoxy) is 1. The molecule has 0 amide bonds. The van der Waals surface area contributed by atoms with Crippen molar-refractivity contribution in [3.63, 3.8) is 0 Å². The Kier molecular flexibility index (Phi) is 4.93. The lowest BCUT2D eigenvalue weighted by Gasteiger charge is -2.24. The first-order valence-electron chi connectivity index (χ1n) is 7.45. The predicted octanol–water partition coefficient (Wildman–Crippen LogP) is 3.07. The number of hydrogen-bond acceptors (Lipinski definition) is 5. The molecule has 1 aliphatic carbocycles. The van der Waals surface area contributed by atoms with E-state index in [0.717, 1.165) is 44.9 Å². The maximum Gasteiger partial charge on any atom is 0.243 e.